The highest BCUT2D eigenvalue weighted by Crippen LogP contribution is 2.34. The zero-order chi connectivity index (χ0) is 33.5. The molecule has 5 rings (SSSR count). The van der Waals surface area contributed by atoms with Crippen LogP contribution in [0, 0.1) is 26.7 Å². The first-order valence-electron chi connectivity index (χ1n) is 14.8. The van der Waals surface area contributed by atoms with Crippen molar-refractivity contribution in [3.63, 3.8) is 0 Å². The van der Waals surface area contributed by atoms with Gasteiger partial charge in [-0.05, 0) is 57.4 Å². The van der Waals surface area contributed by atoms with Gasteiger partial charge in [0.2, 0.25) is 0 Å². The monoisotopic (exact) mass is 649 g/mol. The topological polar surface area (TPSA) is 87.2 Å². The Balaban J connectivity index is 0.000000558. The van der Waals surface area contributed by atoms with Crippen molar-refractivity contribution < 1.29 is 22.8 Å². The fourth-order valence-corrected chi connectivity index (χ4v) is 5.72. The number of aromatic nitrogens is 2. The van der Waals surface area contributed by atoms with Crippen LogP contribution in [-0.4, -0.2) is 46.3 Å². The minimum Gasteiger partial charge on any atom is -0.352 e. The molecule has 2 N–H and O–H groups in total. The van der Waals surface area contributed by atoms with Crippen LogP contribution in [0.4, 0.5) is 13.2 Å². The van der Waals surface area contributed by atoms with Gasteiger partial charge in [0.05, 0.1) is 22.7 Å². The number of rotatable bonds is 9. The molecule has 46 heavy (non-hydrogen) atoms. The van der Waals surface area contributed by atoms with Crippen molar-refractivity contribution in [1.29, 1.82) is 0 Å². The molecule has 1 saturated heterocycles. The second-order valence-corrected chi connectivity index (χ2v) is 11.5. The molecule has 0 saturated carbocycles. The third kappa shape index (κ3) is 10.8. The summed E-state index contributed by atoms with van der Waals surface area (Å²) in [5.41, 5.74) is 2.77. The average molecular weight is 650 g/mol. The van der Waals surface area contributed by atoms with Crippen molar-refractivity contribution in [2.45, 2.75) is 51.9 Å². The Kier molecular flexibility index (Phi) is 13.9. The number of nitrogens with one attached hydrogen (secondary N) is 2. The van der Waals surface area contributed by atoms with E-state index in [0.717, 1.165) is 35.7 Å². The number of benzene rings is 2. The van der Waals surface area contributed by atoms with Gasteiger partial charge >= 0.3 is 6.18 Å². The number of hydrogen-bond donors (Lipinski definition) is 2. The Morgan fingerprint density at radius 2 is 1.74 bits per heavy atom. The van der Waals surface area contributed by atoms with Gasteiger partial charge in [-0.2, -0.15) is 13.2 Å². The van der Waals surface area contributed by atoms with E-state index in [-0.39, 0.29) is 17.9 Å². The quantitative estimate of drug-likeness (QED) is 0.151. The van der Waals surface area contributed by atoms with E-state index in [9.17, 15) is 22.8 Å². The lowest BCUT2D eigenvalue weighted by Crippen LogP contribution is -2.31. The van der Waals surface area contributed by atoms with Gasteiger partial charge in [0.1, 0.15) is 5.01 Å². The lowest BCUT2D eigenvalue weighted by atomic mass is 10.1. The predicted octanol–water partition coefficient (Wildman–Crippen LogP) is 7.00. The van der Waals surface area contributed by atoms with Gasteiger partial charge in [0, 0.05) is 43.1 Å². The lowest BCUT2D eigenvalue weighted by molar-refractivity contribution is -0.137. The van der Waals surface area contributed by atoms with Crippen molar-refractivity contribution >= 4 is 23.2 Å². The standard InChI is InChI=1S/C26H28F3N5O2S.C7H8.C2H2/c1-17-16-37-24(33-17)22-7-3-10-34(22)25(36)20-12-19(14-31-15-20)23(35)32-9-4-8-30-13-18-5-2-6-21(11-18)26(27,28)29;1-7-5-3-2-4-6-7;1-2/h2,5-6,11-12,14-16,22,30H,3-4,7-10,13H2,1H3,(H,32,35);2-6H,1H3;1-2H/t22-;;/m1../s1. The molecule has 0 unspecified atom stereocenters. The number of nitrogens with zero attached hydrogens (tertiary/aromatic N) is 3. The van der Waals surface area contributed by atoms with Crippen molar-refractivity contribution in [1.82, 2.24) is 25.5 Å². The molecular weight excluding hydrogens is 611 g/mol. The van der Waals surface area contributed by atoms with Crippen LogP contribution >= 0.6 is 11.3 Å². The third-order valence-electron chi connectivity index (χ3n) is 7.02. The Bertz CT molecular complexity index is 1570. The van der Waals surface area contributed by atoms with E-state index in [1.54, 1.807) is 28.4 Å². The van der Waals surface area contributed by atoms with Crippen LogP contribution in [0.5, 0.6) is 0 Å². The SMILES string of the molecule is C#C.Cc1ccccc1.Cc1csc([C@H]2CCCN2C(=O)c2cncc(C(=O)NCCCNCc3cccc(C(F)(F)F)c3)c2)n1. The highest BCUT2D eigenvalue weighted by atomic mass is 32.1. The van der Waals surface area contributed by atoms with E-state index in [1.807, 2.05) is 30.5 Å². The molecule has 2 aromatic carbocycles. The van der Waals surface area contributed by atoms with Crippen LogP contribution in [0.3, 0.4) is 0 Å². The molecule has 7 nitrogen and oxygen atoms in total. The number of likely N-dealkylation sites (tertiary alicyclic amines) is 1. The summed E-state index contributed by atoms with van der Waals surface area (Å²) in [7, 11) is 0. The summed E-state index contributed by atoms with van der Waals surface area (Å²) in [6, 6.07) is 16.9. The molecule has 2 aromatic heterocycles. The minimum atomic E-state index is -4.37. The van der Waals surface area contributed by atoms with Crippen LogP contribution in [0.25, 0.3) is 0 Å². The van der Waals surface area contributed by atoms with Gasteiger partial charge in [0.15, 0.2) is 0 Å². The summed E-state index contributed by atoms with van der Waals surface area (Å²) in [4.78, 5) is 36.2. The molecule has 1 atom stereocenters. The van der Waals surface area contributed by atoms with E-state index >= 15 is 0 Å². The normalized spacial score (nSPS) is 14.0. The maximum atomic E-state index is 13.2. The summed E-state index contributed by atoms with van der Waals surface area (Å²) in [5, 5.41) is 8.78. The molecule has 0 spiro atoms. The molecular formula is C35H38F3N5O2S. The van der Waals surface area contributed by atoms with Gasteiger partial charge in [-0.25, -0.2) is 4.98 Å². The summed E-state index contributed by atoms with van der Waals surface area (Å²) in [5.74, 6) is -0.509. The molecule has 3 heterocycles. The number of carbonyl (C=O) groups is 2. The first-order valence-corrected chi connectivity index (χ1v) is 15.7. The van der Waals surface area contributed by atoms with Crippen LogP contribution in [0.15, 0.2) is 78.4 Å². The number of hydrogen-bond acceptors (Lipinski definition) is 6. The zero-order valence-electron chi connectivity index (χ0n) is 25.9. The molecule has 2 amide bonds. The highest BCUT2D eigenvalue weighted by molar-refractivity contribution is 7.09. The van der Waals surface area contributed by atoms with Gasteiger partial charge < -0.3 is 15.5 Å². The largest absolute Gasteiger partial charge is 0.416 e. The number of halogens is 3. The van der Waals surface area contributed by atoms with E-state index in [2.05, 4.69) is 52.5 Å². The van der Waals surface area contributed by atoms with E-state index in [0.29, 0.717) is 49.3 Å². The van der Waals surface area contributed by atoms with Crippen molar-refractivity contribution in [3.8, 4) is 12.8 Å². The number of terminal acetylenes is 1. The molecule has 0 bridgehead atoms. The molecule has 0 radical (unpaired) electrons. The summed E-state index contributed by atoms with van der Waals surface area (Å²) >= 11 is 1.55. The fraction of sp³-hybridized carbons (Fsp3) is 0.314. The van der Waals surface area contributed by atoms with Gasteiger partial charge in [-0.15, -0.1) is 24.2 Å². The smallest absolute Gasteiger partial charge is 0.352 e. The number of thiazole rings is 1. The number of carbonyl (C=O) groups excluding carboxylic acids is 2. The number of alkyl halides is 3. The summed E-state index contributed by atoms with van der Waals surface area (Å²) in [6.07, 6.45) is 8.86. The second kappa shape index (κ2) is 17.8. The van der Waals surface area contributed by atoms with Crippen LogP contribution in [-0.2, 0) is 12.7 Å². The first-order chi connectivity index (χ1) is 22.1. The van der Waals surface area contributed by atoms with E-state index < -0.39 is 11.7 Å². The molecule has 1 aliphatic rings. The number of pyridine rings is 1. The molecule has 0 aliphatic carbocycles. The van der Waals surface area contributed by atoms with Crippen molar-refractivity contribution in [3.05, 3.63) is 117 Å². The van der Waals surface area contributed by atoms with E-state index in [1.165, 1.54) is 24.0 Å². The maximum absolute atomic E-state index is 13.2. The lowest BCUT2D eigenvalue weighted by Gasteiger charge is -2.23. The van der Waals surface area contributed by atoms with Gasteiger partial charge in [0.25, 0.3) is 11.8 Å². The van der Waals surface area contributed by atoms with Crippen LogP contribution in [0.2, 0.25) is 0 Å². The summed E-state index contributed by atoms with van der Waals surface area (Å²) < 4.78 is 38.5. The Labute approximate surface area is 272 Å². The molecule has 4 aromatic rings. The molecule has 1 fully saturated rings. The molecule has 1 aliphatic heterocycles. The van der Waals surface area contributed by atoms with Crippen molar-refractivity contribution in [2.75, 3.05) is 19.6 Å². The third-order valence-corrected chi connectivity index (χ3v) is 8.09. The maximum Gasteiger partial charge on any atom is 0.416 e. The van der Waals surface area contributed by atoms with Crippen LogP contribution < -0.4 is 10.6 Å². The van der Waals surface area contributed by atoms with E-state index in [4.69, 9.17) is 0 Å². The predicted molar refractivity (Wildman–Crippen MR) is 175 cm³/mol. The summed E-state index contributed by atoms with van der Waals surface area (Å²) in [6.45, 7) is 5.82. The minimum absolute atomic E-state index is 0.0629. The Morgan fingerprint density at radius 3 is 2.39 bits per heavy atom. The van der Waals surface area contributed by atoms with Gasteiger partial charge in [-0.1, -0.05) is 54.1 Å². The number of aryl methyl sites for hydroxylation is 2. The van der Waals surface area contributed by atoms with Crippen LogP contribution in [0.1, 0.15) is 73.4 Å². The molecule has 242 valence electrons. The Morgan fingerprint density at radius 1 is 1.00 bits per heavy atom. The van der Waals surface area contributed by atoms with Gasteiger partial charge in [-0.3, -0.25) is 14.6 Å². The van der Waals surface area contributed by atoms with Crippen molar-refractivity contribution in [2.24, 2.45) is 0 Å². The second-order valence-electron chi connectivity index (χ2n) is 10.6. The first kappa shape index (κ1) is 35.9. The molecule has 11 heteroatoms. The highest BCUT2D eigenvalue weighted by Gasteiger charge is 2.33. The Hall–Kier alpha value is -4.53. The fourth-order valence-electron chi connectivity index (χ4n) is 4.78. The number of amides is 2. The zero-order valence-corrected chi connectivity index (χ0v) is 26.7. The average Bonchev–Trinajstić information content (AvgIpc) is 3.73.